The fourth-order valence-corrected chi connectivity index (χ4v) is 2.89. The summed E-state index contributed by atoms with van der Waals surface area (Å²) in [5, 5.41) is 4.63. The van der Waals surface area contributed by atoms with Crippen molar-refractivity contribution in [3.8, 4) is 5.69 Å². The summed E-state index contributed by atoms with van der Waals surface area (Å²) >= 11 is 0. The molecule has 3 rings (SSSR count). The minimum atomic E-state index is 0.163. The molecule has 0 amide bonds. The number of para-hydroxylation sites is 1. The summed E-state index contributed by atoms with van der Waals surface area (Å²) < 4.78 is 1.96. The maximum atomic E-state index is 12.5. The van der Waals surface area contributed by atoms with Crippen LogP contribution in [0.1, 0.15) is 34.6 Å². The fraction of sp³-hybridized carbons (Fsp3) is 0.412. The van der Waals surface area contributed by atoms with Crippen LogP contribution in [0.5, 0.6) is 0 Å². The van der Waals surface area contributed by atoms with Crippen LogP contribution in [0.2, 0.25) is 0 Å². The second-order valence-corrected chi connectivity index (χ2v) is 5.85. The second kappa shape index (κ2) is 5.82. The lowest BCUT2D eigenvalue weighted by atomic mass is 10.1. The highest BCUT2D eigenvalue weighted by atomic mass is 16.1. The van der Waals surface area contributed by atoms with E-state index in [9.17, 15) is 4.79 Å². The highest BCUT2D eigenvalue weighted by molar-refractivity contribution is 5.96. The number of carbonyl (C=O) groups excluding carboxylic acids is 1. The van der Waals surface area contributed by atoms with E-state index in [-0.39, 0.29) is 5.78 Å². The second-order valence-electron chi connectivity index (χ2n) is 5.85. The standard InChI is InChI=1S/C17H21N3O/c1-19(2)12-11-16(21)17-14-9-6-10-15(14)20(18-17)13-7-4-3-5-8-13/h3-5,7-8H,6,9-12H2,1-2H3. The molecular formula is C17H21N3O. The van der Waals surface area contributed by atoms with Crippen LogP contribution in [0.3, 0.4) is 0 Å². The highest BCUT2D eigenvalue weighted by Crippen LogP contribution is 2.28. The Morgan fingerprint density at radius 1 is 1.24 bits per heavy atom. The van der Waals surface area contributed by atoms with Crippen LogP contribution in [0.15, 0.2) is 30.3 Å². The maximum absolute atomic E-state index is 12.5. The summed E-state index contributed by atoms with van der Waals surface area (Å²) in [6, 6.07) is 10.1. The first-order valence-electron chi connectivity index (χ1n) is 7.51. The maximum Gasteiger partial charge on any atom is 0.184 e. The molecule has 0 saturated heterocycles. The summed E-state index contributed by atoms with van der Waals surface area (Å²) in [6.45, 7) is 0.770. The number of rotatable bonds is 5. The summed E-state index contributed by atoms with van der Waals surface area (Å²) in [5.74, 6) is 0.163. The molecule has 4 heteroatoms. The lowest BCUT2D eigenvalue weighted by molar-refractivity contribution is 0.0966. The number of Topliss-reactive ketones (excluding diaryl/α,β-unsaturated/α-hetero) is 1. The molecule has 0 unspecified atom stereocenters. The zero-order valence-corrected chi connectivity index (χ0v) is 12.7. The largest absolute Gasteiger partial charge is 0.309 e. The summed E-state index contributed by atoms with van der Waals surface area (Å²) in [4.78, 5) is 14.5. The van der Waals surface area contributed by atoms with Crippen molar-refractivity contribution in [2.24, 2.45) is 0 Å². The third kappa shape index (κ3) is 2.76. The van der Waals surface area contributed by atoms with Gasteiger partial charge in [-0.25, -0.2) is 4.68 Å². The van der Waals surface area contributed by atoms with Crippen LogP contribution in [-0.4, -0.2) is 41.1 Å². The van der Waals surface area contributed by atoms with E-state index in [1.807, 2.05) is 54.0 Å². The number of ketones is 1. The first-order valence-corrected chi connectivity index (χ1v) is 7.51. The van der Waals surface area contributed by atoms with Crippen molar-refractivity contribution in [3.05, 3.63) is 47.3 Å². The van der Waals surface area contributed by atoms with Gasteiger partial charge >= 0.3 is 0 Å². The van der Waals surface area contributed by atoms with Gasteiger partial charge in [-0.3, -0.25) is 4.79 Å². The van der Waals surface area contributed by atoms with Crippen LogP contribution in [0.25, 0.3) is 5.69 Å². The monoisotopic (exact) mass is 283 g/mol. The molecule has 110 valence electrons. The number of aromatic nitrogens is 2. The molecular weight excluding hydrogens is 262 g/mol. The van der Waals surface area contributed by atoms with Crippen molar-refractivity contribution < 1.29 is 4.79 Å². The number of hydrogen-bond donors (Lipinski definition) is 0. The topological polar surface area (TPSA) is 38.1 Å². The molecule has 2 aromatic rings. The molecule has 0 saturated carbocycles. The smallest absolute Gasteiger partial charge is 0.184 e. The first kappa shape index (κ1) is 14.0. The average molecular weight is 283 g/mol. The van der Waals surface area contributed by atoms with Gasteiger partial charge in [0, 0.05) is 24.2 Å². The third-order valence-electron chi connectivity index (χ3n) is 3.98. The molecule has 21 heavy (non-hydrogen) atoms. The van der Waals surface area contributed by atoms with Crippen LogP contribution >= 0.6 is 0 Å². The van der Waals surface area contributed by atoms with Crippen molar-refractivity contribution >= 4 is 5.78 Å². The van der Waals surface area contributed by atoms with E-state index >= 15 is 0 Å². The van der Waals surface area contributed by atoms with Gasteiger partial charge in [0.15, 0.2) is 5.78 Å². The minimum Gasteiger partial charge on any atom is -0.309 e. The lowest BCUT2D eigenvalue weighted by Crippen LogP contribution is -2.17. The third-order valence-corrected chi connectivity index (χ3v) is 3.98. The Labute approximate surface area is 125 Å². The van der Waals surface area contributed by atoms with E-state index in [1.165, 1.54) is 11.3 Å². The van der Waals surface area contributed by atoms with Gasteiger partial charge in [-0.05, 0) is 45.5 Å². The highest BCUT2D eigenvalue weighted by Gasteiger charge is 2.26. The number of carbonyl (C=O) groups is 1. The van der Waals surface area contributed by atoms with Crippen molar-refractivity contribution in [1.29, 1.82) is 0 Å². The van der Waals surface area contributed by atoms with Crippen LogP contribution in [0.4, 0.5) is 0 Å². The summed E-state index contributed by atoms with van der Waals surface area (Å²) in [7, 11) is 3.97. The lowest BCUT2D eigenvalue weighted by Gasteiger charge is -2.07. The summed E-state index contributed by atoms with van der Waals surface area (Å²) in [6.07, 6.45) is 3.64. The Balaban J connectivity index is 1.94. The minimum absolute atomic E-state index is 0.163. The number of fused-ring (bicyclic) bond motifs is 1. The Morgan fingerprint density at radius 3 is 2.71 bits per heavy atom. The van der Waals surface area contributed by atoms with Gasteiger partial charge in [-0.15, -0.1) is 0 Å². The molecule has 4 nitrogen and oxygen atoms in total. The first-order chi connectivity index (χ1) is 10.2. The quantitative estimate of drug-likeness (QED) is 0.791. The van der Waals surface area contributed by atoms with Crippen molar-refractivity contribution in [2.45, 2.75) is 25.7 Å². The van der Waals surface area contributed by atoms with Gasteiger partial charge in [-0.2, -0.15) is 5.10 Å². The number of benzene rings is 1. The number of hydrogen-bond acceptors (Lipinski definition) is 3. The molecule has 1 aromatic carbocycles. The number of nitrogens with zero attached hydrogens (tertiary/aromatic N) is 3. The SMILES string of the molecule is CN(C)CCC(=O)c1nn(-c2ccccc2)c2c1CCC2. The molecule has 0 N–H and O–H groups in total. The average Bonchev–Trinajstić information content (AvgIpc) is 3.07. The Bertz CT molecular complexity index is 644. The molecule has 1 heterocycles. The molecule has 0 atom stereocenters. The van der Waals surface area contributed by atoms with Crippen LogP contribution in [0, 0.1) is 0 Å². The van der Waals surface area contributed by atoms with E-state index in [0.717, 1.165) is 31.5 Å². The normalized spacial score (nSPS) is 13.7. The molecule has 1 aliphatic carbocycles. The van der Waals surface area contributed by atoms with Gasteiger partial charge in [0.05, 0.1) is 5.69 Å². The van der Waals surface area contributed by atoms with Crippen LogP contribution < -0.4 is 0 Å². The molecule has 0 aliphatic heterocycles. The van der Waals surface area contributed by atoms with Gasteiger partial charge in [-0.1, -0.05) is 18.2 Å². The Hall–Kier alpha value is -1.94. The van der Waals surface area contributed by atoms with E-state index in [4.69, 9.17) is 0 Å². The Morgan fingerprint density at radius 2 is 2.00 bits per heavy atom. The molecule has 0 spiro atoms. The van der Waals surface area contributed by atoms with Gasteiger partial charge < -0.3 is 4.90 Å². The van der Waals surface area contributed by atoms with E-state index in [0.29, 0.717) is 12.1 Å². The summed E-state index contributed by atoms with van der Waals surface area (Å²) in [5.41, 5.74) is 4.12. The predicted octanol–water partition coefficient (Wildman–Crippen LogP) is 2.50. The molecule has 1 aliphatic rings. The fourth-order valence-electron chi connectivity index (χ4n) is 2.89. The van der Waals surface area contributed by atoms with E-state index in [2.05, 4.69) is 5.10 Å². The zero-order valence-electron chi connectivity index (χ0n) is 12.7. The Kier molecular flexibility index (Phi) is 3.88. The van der Waals surface area contributed by atoms with Crippen molar-refractivity contribution in [3.63, 3.8) is 0 Å². The van der Waals surface area contributed by atoms with Crippen molar-refractivity contribution in [2.75, 3.05) is 20.6 Å². The van der Waals surface area contributed by atoms with Crippen LogP contribution in [-0.2, 0) is 12.8 Å². The van der Waals surface area contributed by atoms with Gasteiger partial charge in [0.2, 0.25) is 0 Å². The molecule has 0 radical (unpaired) electrons. The molecule has 0 bridgehead atoms. The van der Waals surface area contributed by atoms with E-state index in [1.54, 1.807) is 0 Å². The molecule has 0 fully saturated rings. The van der Waals surface area contributed by atoms with Gasteiger partial charge in [0.1, 0.15) is 5.69 Å². The van der Waals surface area contributed by atoms with Crippen molar-refractivity contribution in [1.82, 2.24) is 14.7 Å². The molecule has 1 aromatic heterocycles. The zero-order chi connectivity index (χ0) is 14.8. The predicted molar refractivity (Wildman–Crippen MR) is 83.1 cm³/mol. The van der Waals surface area contributed by atoms with E-state index < -0.39 is 0 Å². The van der Waals surface area contributed by atoms with Gasteiger partial charge in [0.25, 0.3) is 0 Å².